The molecule has 1 atom stereocenters. The number of nitrogens with one attached hydrogen (secondary N) is 1. The zero-order chi connectivity index (χ0) is 11.4. The van der Waals surface area contributed by atoms with E-state index in [0.717, 1.165) is 0 Å². The third-order valence-electron chi connectivity index (χ3n) is 1.69. The molecule has 0 spiro atoms. The monoisotopic (exact) mass is 228 g/mol. The van der Waals surface area contributed by atoms with Gasteiger partial charge in [0.25, 0.3) is 5.69 Å². The lowest BCUT2D eigenvalue weighted by molar-refractivity contribution is -0.384. The van der Waals surface area contributed by atoms with Gasteiger partial charge in [-0.15, -0.1) is 11.6 Å². The molecule has 6 heteroatoms. The number of nitrogens with zero attached hydrogens (tertiary/aromatic N) is 1. The number of benzene rings is 1. The maximum Gasteiger partial charge on any atom is 0.271 e. The SMILES string of the molecule is C[C@H](Cl)C(=O)Nc1cccc([N+](=O)[O-])c1. The topological polar surface area (TPSA) is 72.2 Å². The van der Waals surface area contributed by atoms with Crippen LogP contribution in [0.3, 0.4) is 0 Å². The zero-order valence-electron chi connectivity index (χ0n) is 7.94. The van der Waals surface area contributed by atoms with Crippen molar-refractivity contribution in [2.45, 2.75) is 12.3 Å². The van der Waals surface area contributed by atoms with E-state index in [2.05, 4.69) is 5.32 Å². The van der Waals surface area contributed by atoms with Gasteiger partial charge in [-0.3, -0.25) is 14.9 Å². The normalized spacial score (nSPS) is 11.9. The van der Waals surface area contributed by atoms with Crippen LogP contribution in [0, 0.1) is 10.1 Å². The van der Waals surface area contributed by atoms with Crippen molar-refractivity contribution in [2.24, 2.45) is 0 Å². The molecule has 0 unspecified atom stereocenters. The van der Waals surface area contributed by atoms with Gasteiger partial charge in [-0.1, -0.05) is 6.07 Å². The second-order valence-electron chi connectivity index (χ2n) is 2.91. The number of hydrogen-bond donors (Lipinski definition) is 1. The van der Waals surface area contributed by atoms with Gasteiger partial charge in [0.05, 0.1) is 4.92 Å². The van der Waals surface area contributed by atoms with Crippen LogP contribution in [0.5, 0.6) is 0 Å². The number of alkyl halides is 1. The van der Waals surface area contributed by atoms with Crippen molar-refractivity contribution in [1.29, 1.82) is 0 Å². The summed E-state index contributed by atoms with van der Waals surface area (Å²) in [6, 6.07) is 5.67. The molecule has 1 aromatic carbocycles. The average molecular weight is 229 g/mol. The Kier molecular flexibility index (Phi) is 3.62. The van der Waals surface area contributed by atoms with Crippen molar-refractivity contribution >= 4 is 28.9 Å². The number of anilines is 1. The summed E-state index contributed by atoms with van der Waals surface area (Å²) in [5, 5.41) is 12.2. The van der Waals surface area contributed by atoms with Crippen LogP contribution in [0.1, 0.15) is 6.92 Å². The lowest BCUT2D eigenvalue weighted by atomic mass is 10.2. The highest BCUT2D eigenvalue weighted by Gasteiger charge is 2.11. The number of nitro benzene ring substituents is 1. The highest BCUT2D eigenvalue weighted by Crippen LogP contribution is 2.17. The second kappa shape index (κ2) is 4.75. The molecule has 0 aromatic heterocycles. The Morgan fingerprint density at radius 2 is 2.27 bits per heavy atom. The number of carbonyl (C=O) groups excluding carboxylic acids is 1. The maximum absolute atomic E-state index is 11.2. The molecule has 1 aromatic rings. The first-order valence-corrected chi connectivity index (χ1v) is 4.63. The summed E-state index contributed by atoms with van der Waals surface area (Å²) < 4.78 is 0. The van der Waals surface area contributed by atoms with E-state index in [0.29, 0.717) is 5.69 Å². The Hall–Kier alpha value is -1.62. The molecule has 0 radical (unpaired) electrons. The van der Waals surface area contributed by atoms with Crippen molar-refractivity contribution in [3.8, 4) is 0 Å². The van der Waals surface area contributed by atoms with E-state index in [9.17, 15) is 14.9 Å². The molecule has 0 aliphatic carbocycles. The van der Waals surface area contributed by atoms with Gasteiger partial charge in [0.1, 0.15) is 5.38 Å². The number of non-ortho nitro benzene ring substituents is 1. The molecule has 80 valence electrons. The lowest BCUT2D eigenvalue weighted by Gasteiger charge is -2.05. The maximum atomic E-state index is 11.2. The van der Waals surface area contributed by atoms with Gasteiger partial charge in [0.2, 0.25) is 5.91 Å². The average Bonchev–Trinajstić information content (AvgIpc) is 2.18. The van der Waals surface area contributed by atoms with E-state index in [1.54, 1.807) is 6.07 Å². The lowest BCUT2D eigenvalue weighted by Crippen LogP contribution is -2.20. The van der Waals surface area contributed by atoms with E-state index in [1.165, 1.54) is 25.1 Å². The van der Waals surface area contributed by atoms with Gasteiger partial charge < -0.3 is 5.32 Å². The standard InChI is InChI=1S/C9H9ClN2O3/c1-6(10)9(13)11-7-3-2-4-8(5-7)12(14)15/h2-6H,1H3,(H,11,13)/t6-/m0/s1. The van der Waals surface area contributed by atoms with Crippen LogP contribution in [0.15, 0.2) is 24.3 Å². The minimum atomic E-state index is -0.677. The van der Waals surface area contributed by atoms with E-state index >= 15 is 0 Å². The molecule has 0 aliphatic heterocycles. The zero-order valence-corrected chi connectivity index (χ0v) is 8.69. The van der Waals surface area contributed by atoms with Gasteiger partial charge >= 0.3 is 0 Å². The number of nitro groups is 1. The summed E-state index contributed by atoms with van der Waals surface area (Å²) in [5.74, 6) is -0.392. The smallest absolute Gasteiger partial charge is 0.271 e. The molecule has 1 rings (SSSR count). The minimum absolute atomic E-state index is 0.0741. The van der Waals surface area contributed by atoms with E-state index in [1.807, 2.05) is 0 Å². The van der Waals surface area contributed by atoms with Gasteiger partial charge in [-0.05, 0) is 13.0 Å². The third kappa shape index (κ3) is 3.21. The molecule has 15 heavy (non-hydrogen) atoms. The highest BCUT2D eigenvalue weighted by atomic mass is 35.5. The number of hydrogen-bond acceptors (Lipinski definition) is 3. The van der Waals surface area contributed by atoms with E-state index in [-0.39, 0.29) is 5.69 Å². The summed E-state index contributed by atoms with van der Waals surface area (Å²) in [5.41, 5.74) is 0.289. The highest BCUT2D eigenvalue weighted by molar-refractivity contribution is 6.32. The quantitative estimate of drug-likeness (QED) is 0.490. The number of carbonyl (C=O) groups is 1. The third-order valence-corrected chi connectivity index (χ3v) is 1.88. The molecule has 1 N–H and O–H groups in total. The Bertz CT molecular complexity index is 393. The Morgan fingerprint density at radius 3 is 2.80 bits per heavy atom. The molecule has 0 saturated carbocycles. The molecule has 0 bridgehead atoms. The first-order chi connectivity index (χ1) is 7.00. The van der Waals surface area contributed by atoms with Gasteiger partial charge in [0.15, 0.2) is 0 Å². The van der Waals surface area contributed by atoms with E-state index < -0.39 is 16.2 Å². The van der Waals surface area contributed by atoms with Crippen LogP contribution in [0.4, 0.5) is 11.4 Å². The fraction of sp³-hybridized carbons (Fsp3) is 0.222. The first kappa shape index (κ1) is 11.5. The van der Waals surface area contributed by atoms with Crippen molar-refractivity contribution in [3.05, 3.63) is 34.4 Å². The fourth-order valence-corrected chi connectivity index (χ4v) is 0.993. The molecule has 0 saturated heterocycles. The van der Waals surface area contributed by atoms with Gasteiger partial charge in [0, 0.05) is 17.8 Å². The van der Waals surface area contributed by atoms with Crippen LogP contribution >= 0.6 is 11.6 Å². The van der Waals surface area contributed by atoms with Crippen LogP contribution in [0.25, 0.3) is 0 Å². The van der Waals surface area contributed by atoms with Crippen molar-refractivity contribution < 1.29 is 9.72 Å². The molecular formula is C9H9ClN2O3. The number of amides is 1. The Balaban J connectivity index is 2.83. The fourth-order valence-electron chi connectivity index (χ4n) is 0.939. The first-order valence-electron chi connectivity index (χ1n) is 4.20. The van der Waals surface area contributed by atoms with E-state index in [4.69, 9.17) is 11.6 Å². The molecule has 5 nitrogen and oxygen atoms in total. The second-order valence-corrected chi connectivity index (χ2v) is 3.57. The van der Waals surface area contributed by atoms with Crippen molar-refractivity contribution in [1.82, 2.24) is 0 Å². The Morgan fingerprint density at radius 1 is 1.60 bits per heavy atom. The van der Waals surface area contributed by atoms with Crippen LogP contribution in [-0.4, -0.2) is 16.2 Å². The molecular weight excluding hydrogens is 220 g/mol. The summed E-state index contributed by atoms with van der Waals surface area (Å²) in [4.78, 5) is 21.1. The number of rotatable bonds is 3. The van der Waals surface area contributed by atoms with Crippen LogP contribution in [0.2, 0.25) is 0 Å². The molecule has 0 fully saturated rings. The summed E-state index contributed by atoms with van der Waals surface area (Å²) in [6.45, 7) is 1.52. The molecule has 0 heterocycles. The molecule has 1 amide bonds. The van der Waals surface area contributed by atoms with Crippen LogP contribution in [-0.2, 0) is 4.79 Å². The van der Waals surface area contributed by atoms with Crippen molar-refractivity contribution in [3.63, 3.8) is 0 Å². The largest absolute Gasteiger partial charge is 0.325 e. The summed E-state index contributed by atoms with van der Waals surface area (Å²) >= 11 is 5.53. The number of halogens is 1. The minimum Gasteiger partial charge on any atom is -0.325 e. The summed E-state index contributed by atoms with van der Waals surface area (Å²) in [6.07, 6.45) is 0. The predicted molar refractivity (Wildman–Crippen MR) is 57.0 cm³/mol. The molecule has 0 aliphatic rings. The van der Waals surface area contributed by atoms with Gasteiger partial charge in [-0.25, -0.2) is 0 Å². The summed E-state index contributed by atoms with van der Waals surface area (Å²) in [7, 11) is 0. The Labute approximate surface area is 91.2 Å². The van der Waals surface area contributed by atoms with Crippen molar-refractivity contribution in [2.75, 3.05) is 5.32 Å². The predicted octanol–water partition coefficient (Wildman–Crippen LogP) is 2.16. The van der Waals surface area contributed by atoms with Gasteiger partial charge in [-0.2, -0.15) is 0 Å². The van der Waals surface area contributed by atoms with Crippen LogP contribution < -0.4 is 5.32 Å².